The number of rotatable bonds is 10. The summed E-state index contributed by atoms with van der Waals surface area (Å²) in [5.41, 5.74) is 3.19. The van der Waals surface area contributed by atoms with Crippen LogP contribution in [-0.2, 0) is 6.42 Å². The van der Waals surface area contributed by atoms with Crippen LogP contribution in [-0.4, -0.2) is 0 Å². The summed E-state index contributed by atoms with van der Waals surface area (Å²) in [5, 5.41) is 0. The molecule has 0 bridgehead atoms. The minimum Gasteiger partial charge on any atom is -0.0654 e. The molecule has 0 amide bonds. The lowest BCUT2D eigenvalue weighted by atomic mass is 9.70. The van der Waals surface area contributed by atoms with Crippen molar-refractivity contribution in [3.8, 4) is 0 Å². The van der Waals surface area contributed by atoms with Gasteiger partial charge in [0.1, 0.15) is 0 Å². The Morgan fingerprint density at radius 3 is 2.04 bits per heavy atom. The molecule has 0 unspecified atom stereocenters. The molecule has 0 nitrogen and oxygen atoms in total. The Bertz CT molecular complexity index is 485. The molecular weight excluding hydrogens is 312 g/mol. The Kier molecular flexibility index (Phi) is 8.08. The van der Waals surface area contributed by atoms with Crippen LogP contribution in [0.15, 0.2) is 24.3 Å². The van der Waals surface area contributed by atoms with Crippen molar-refractivity contribution in [3.05, 3.63) is 35.4 Å². The van der Waals surface area contributed by atoms with Crippen molar-refractivity contribution < 1.29 is 0 Å². The maximum atomic E-state index is 2.46. The predicted octanol–water partition coefficient (Wildman–Crippen LogP) is 8.30. The van der Waals surface area contributed by atoms with Gasteiger partial charge < -0.3 is 0 Å². The highest BCUT2D eigenvalue weighted by atomic mass is 14.3. The Morgan fingerprint density at radius 2 is 1.38 bits per heavy atom. The molecule has 0 heteroatoms. The molecule has 1 aromatic carbocycles. The zero-order valence-corrected chi connectivity index (χ0v) is 17.5. The number of benzene rings is 1. The monoisotopic (exact) mass is 354 g/mol. The van der Waals surface area contributed by atoms with E-state index in [9.17, 15) is 0 Å². The molecule has 0 N–H and O–H groups in total. The van der Waals surface area contributed by atoms with Crippen LogP contribution < -0.4 is 0 Å². The van der Waals surface area contributed by atoms with Gasteiger partial charge in [0.2, 0.25) is 0 Å². The molecule has 1 aromatic rings. The van der Waals surface area contributed by atoms with Gasteiger partial charge in [-0.2, -0.15) is 0 Å². The maximum Gasteiger partial charge on any atom is -0.0162 e. The Hall–Kier alpha value is -0.780. The molecule has 146 valence electrons. The highest BCUT2D eigenvalue weighted by molar-refractivity contribution is 5.26. The number of unbranched alkanes of at least 4 members (excludes halogenated alkanes) is 2. The van der Waals surface area contributed by atoms with Crippen molar-refractivity contribution in [2.75, 3.05) is 0 Å². The van der Waals surface area contributed by atoms with Crippen LogP contribution >= 0.6 is 0 Å². The zero-order chi connectivity index (χ0) is 18.2. The van der Waals surface area contributed by atoms with E-state index >= 15 is 0 Å². The summed E-state index contributed by atoms with van der Waals surface area (Å²) in [6, 6.07) is 9.78. The van der Waals surface area contributed by atoms with Gasteiger partial charge in [0.05, 0.1) is 0 Å². The van der Waals surface area contributed by atoms with Crippen LogP contribution in [0.3, 0.4) is 0 Å². The number of hydrogen-bond donors (Lipinski definition) is 0. The Morgan fingerprint density at radius 1 is 0.692 bits per heavy atom. The van der Waals surface area contributed by atoms with Crippen LogP contribution in [0.1, 0.15) is 114 Å². The van der Waals surface area contributed by atoms with E-state index in [0.717, 1.165) is 23.7 Å². The smallest absolute Gasteiger partial charge is 0.0162 e. The van der Waals surface area contributed by atoms with Crippen molar-refractivity contribution in [3.63, 3.8) is 0 Å². The van der Waals surface area contributed by atoms with Crippen LogP contribution in [0.4, 0.5) is 0 Å². The van der Waals surface area contributed by atoms with Gasteiger partial charge in [-0.15, -0.1) is 0 Å². The summed E-state index contributed by atoms with van der Waals surface area (Å²) in [6.45, 7) is 4.64. The second-order valence-corrected chi connectivity index (χ2v) is 9.49. The van der Waals surface area contributed by atoms with Crippen molar-refractivity contribution in [2.24, 2.45) is 17.8 Å². The third-order valence-electron chi connectivity index (χ3n) is 7.39. The minimum atomic E-state index is 0.841. The van der Waals surface area contributed by atoms with Crippen molar-refractivity contribution in [2.45, 2.75) is 110 Å². The molecule has 0 atom stereocenters. The lowest BCUT2D eigenvalue weighted by molar-refractivity contribution is 0.170. The van der Waals surface area contributed by atoms with Gasteiger partial charge in [0.15, 0.2) is 0 Å². The molecule has 0 spiro atoms. The molecule has 3 rings (SSSR count). The first-order valence-corrected chi connectivity index (χ1v) is 11.9. The molecule has 0 radical (unpaired) electrons. The standard InChI is InChI=1S/C26H42/c1-3-5-6-8-21-11-15-25(16-12-21)26-17-13-22(14-18-26)9-10-24-19-23(20-24)7-4-2/h13-14,17-18,21,23-25H,3-12,15-16,19-20H2,1-2H3. The van der Waals surface area contributed by atoms with Gasteiger partial charge >= 0.3 is 0 Å². The fourth-order valence-electron chi connectivity index (χ4n) is 5.55. The Balaban J connectivity index is 1.36. The molecule has 0 heterocycles. The molecule has 0 aliphatic heterocycles. The van der Waals surface area contributed by atoms with Gasteiger partial charge in [-0.05, 0) is 86.2 Å². The molecule has 26 heavy (non-hydrogen) atoms. The topological polar surface area (TPSA) is 0 Å². The first kappa shape index (κ1) is 20.0. The van der Waals surface area contributed by atoms with Gasteiger partial charge in [-0.3, -0.25) is 0 Å². The second-order valence-electron chi connectivity index (χ2n) is 9.49. The average Bonchev–Trinajstić information content (AvgIpc) is 2.65. The largest absolute Gasteiger partial charge is 0.0654 e. The van der Waals surface area contributed by atoms with Gasteiger partial charge in [-0.25, -0.2) is 0 Å². The number of hydrogen-bond acceptors (Lipinski definition) is 0. The zero-order valence-electron chi connectivity index (χ0n) is 17.5. The quantitative estimate of drug-likeness (QED) is 0.371. The van der Waals surface area contributed by atoms with E-state index in [4.69, 9.17) is 0 Å². The highest BCUT2D eigenvalue weighted by Crippen LogP contribution is 2.40. The molecule has 0 saturated heterocycles. The maximum absolute atomic E-state index is 2.46. The van der Waals surface area contributed by atoms with E-state index in [1.54, 1.807) is 11.1 Å². The fraction of sp³-hybridized carbons (Fsp3) is 0.769. The summed E-state index contributed by atoms with van der Waals surface area (Å²) >= 11 is 0. The van der Waals surface area contributed by atoms with Crippen LogP contribution in [0.2, 0.25) is 0 Å². The number of aryl methyl sites for hydroxylation is 1. The Labute approximate surface area is 163 Å². The molecule has 2 fully saturated rings. The van der Waals surface area contributed by atoms with E-state index in [1.165, 1.54) is 89.9 Å². The SMILES string of the molecule is CCCCCC1CCC(c2ccc(CCC3CC(CCC)C3)cc2)CC1. The van der Waals surface area contributed by atoms with Crippen LogP contribution in [0.5, 0.6) is 0 Å². The van der Waals surface area contributed by atoms with Crippen molar-refractivity contribution >= 4 is 0 Å². The van der Waals surface area contributed by atoms with Crippen molar-refractivity contribution in [1.82, 2.24) is 0 Å². The van der Waals surface area contributed by atoms with Gasteiger partial charge in [-0.1, -0.05) is 76.6 Å². The fourth-order valence-corrected chi connectivity index (χ4v) is 5.55. The van der Waals surface area contributed by atoms with Crippen LogP contribution in [0, 0.1) is 17.8 Å². The average molecular weight is 355 g/mol. The first-order valence-electron chi connectivity index (χ1n) is 11.9. The third-order valence-corrected chi connectivity index (χ3v) is 7.39. The summed E-state index contributed by atoms with van der Waals surface area (Å²) in [4.78, 5) is 0. The van der Waals surface area contributed by atoms with Crippen molar-refractivity contribution in [1.29, 1.82) is 0 Å². The molecule has 2 aliphatic rings. The van der Waals surface area contributed by atoms with Gasteiger partial charge in [0, 0.05) is 0 Å². The summed E-state index contributed by atoms with van der Waals surface area (Å²) in [6.07, 6.45) is 20.1. The lowest BCUT2D eigenvalue weighted by Gasteiger charge is -2.35. The normalized spacial score (nSPS) is 28.7. The summed E-state index contributed by atoms with van der Waals surface area (Å²) < 4.78 is 0. The summed E-state index contributed by atoms with van der Waals surface area (Å²) in [5.74, 6) is 3.95. The first-order chi connectivity index (χ1) is 12.8. The second kappa shape index (κ2) is 10.5. The highest BCUT2D eigenvalue weighted by Gasteiger charge is 2.27. The lowest BCUT2D eigenvalue weighted by Crippen LogP contribution is -2.23. The van der Waals surface area contributed by atoms with Gasteiger partial charge in [0.25, 0.3) is 0 Å². The van der Waals surface area contributed by atoms with E-state index in [-0.39, 0.29) is 0 Å². The van der Waals surface area contributed by atoms with E-state index in [2.05, 4.69) is 38.1 Å². The molecule has 2 aliphatic carbocycles. The molecule has 0 aromatic heterocycles. The van der Waals surface area contributed by atoms with E-state index in [0.29, 0.717) is 0 Å². The third kappa shape index (κ3) is 5.86. The van der Waals surface area contributed by atoms with E-state index in [1.807, 2.05) is 0 Å². The molecular formula is C26H42. The van der Waals surface area contributed by atoms with Crippen LogP contribution in [0.25, 0.3) is 0 Å². The predicted molar refractivity (Wildman–Crippen MR) is 115 cm³/mol. The summed E-state index contributed by atoms with van der Waals surface area (Å²) in [7, 11) is 0. The molecule has 2 saturated carbocycles. The minimum absolute atomic E-state index is 0.841. The van der Waals surface area contributed by atoms with E-state index < -0.39 is 0 Å².